The van der Waals surface area contributed by atoms with Crippen LogP contribution in [0.1, 0.15) is 24.8 Å². The molecule has 22 heavy (non-hydrogen) atoms. The number of nitrogens with one attached hydrogen (secondary N) is 1. The van der Waals surface area contributed by atoms with Gasteiger partial charge in [-0.15, -0.1) is 0 Å². The zero-order valence-corrected chi connectivity index (χ0v) is 12.1. The molecule has 3 rings (SSSR count). The molecular weight excluding hydrogens is 286 g/mol. The summed E-state index contributed by atoms with van der Waals surface area (Å²) in [6, 6.07) is 5.31. The van der Waals surface area contributed by atoms with E-state index in [0.717, 1.165) is 24.8 Å². The first-order valence-corrected chi connectivity index (χ1v) is 7.26. The highest BCUT2D eigenvalue weighted by atomic mass is 16.7. The minimum absolute atomic E-state index is 0.205. The van der Waals surface area contributed by atoms with Crippen LogP contribution in [0.15, 0.2) is 23.3 Å². The summed E-state index contributed by atoms with van der Waals surface area (Å²) >= 11 is 0. The second kappa shape index (κ2) is 6.46. The van der Waals surface area contributed by atoms with Crippen LogP contribution >= 0.6 is 0 Å². The number of amides is 2. The Labute approximate surface area is 127 Å². The van der Waals surface area contributed by atoms with Crippen molar-refractivity contribution >= 4 is 18.0 Å². The van der Waals surface area contributed by atoms with Gasteiger partial charge in [-0.25, -0.2) is 5.43 Å². The summed E-state index contributed by atoms with van der Waals surface area (Å²) < 4.78 is 10.5. The molecule has 1 fully saturated rings. The van der Waals surface area contributed by atoms with Crippen molar-refractivity contribution in [1.29, 1.82) is 0 Å². The molecular formula is C15H17N3O4. The number of ether oxygens (including phenoxy) is 2. The van der Waals surface area contributed by atoms with Gasteiger partial charge in [0.15, 0.2) is 11.5 Å². The molecule has 0 saturated carbocycles. The van der Waals surface area contributed by atoms with Crippen LogP contribution < -0.4 is 14.9 Å². The highest BCUT2D eigenvalue weighted by molar-refractivity contribution is 6.35. The second-order valence-electron chi connectivity index (χ2n) is 5.16. The number of benzene rings is 1. The molecule has 2 amide bonds. The molecule has 7 heteroatoms. The van der Waals surface area contributed by atoms with Gasteiger partial charge in [-0.2, -0.15) is 5.10 Å². The molecule has 7 nitrogen and oxygen atoms in total. The van der Waals surface area contributed by atoms with E-state index in [0.29, 0.717) is 24.6 Å². The van der Waals surface area contributed by atoms with E-state index in [9.17, 15) is 9.59 Å². The molecule has 0 aromatic heterocycles. The fourth-order valence-corrected chi connectivity index (χ4v) is 2.45. The van der Waals surface area contributed by atoms with Crippen molar-refractivity contribution in [3.63, 3.8) is 0 Å². The highest BCUT2D eigenvalue weighted by Gasteiger charge is 2.22. The normalized spacial score (nSPS) is 16.8. The third-order valence-corrected chi connectivity index (χ3v) is 3.61. The molecule has 0 aliphatic carbocycles. The van der Waals surface area contributed by atoms with Crippen LogP contribution in [0.25, 0.3) is 0 Å². The predicted octanol–water partition coefficient (Wildman–Crippen LogP) is 0.878. The van der Waals surface area contributed by atoms with Gasteiger partial charge in [0.2, 0.25) is 6.79 Å². The molecule has 0 unspecified atom stereocenters. The van der Waals surface area contributed by atoms with Gasteiger partial charge >= 0.3 is 11.8 Å². The van der Waals surface area contributed by atoms with Gasteiger partial charge in [-0.3, -0.25) is 9.59 Å². The molecule has 0 radical (unpaired) electrons. The predicted molar refractivity (Wildman–Crippen MR) is 78.7 cm³/mol. The lowest BCUT2D eigenvalue weighted by atomic mass is 10.1. The van der Waals surface area contributed by atoms with Gasteiger partial charge in [0.05, 0.1) is 6.21 Å². The summed E-state index contributed by atoms with van der Waals surface area (Å²) in [6.45, 7) is 1.48. The number of fused-ring (bicyclic) bond motifs is 1. The van der Waals surface area contributed by atoms with Crippen LogP contribution in [0.5, 0.6) is 11.5 Å². The quantitative estimate of drug-likeness (QED) is 0.499. The van der Waals surface area contributed by atoms with E-state index < -0.39 is 11.8 Å². The van der Waals surface area contributed by atoms with E-state index in [1.54, 1.807) is 23.1 Å². The number of hydrogen-bond acceptors (Lipinski definition) is 5. The Kier molecular flexibility index (Phi) is 4.22. The zero-order chi connectivity index (χ0) is 15.4. The first kappa shape index (κ1) is 14.4. The summed E-state index contributed by atoms with van der Waals surface area (Å²) in [7, 11) is 0. The maximum absolute atomic E-state index is 11.9. The van der Waals surface area contributed by atoms with E-state index in [-0.39, 0.29) is 6.79 Å². The Morgan fingerprint density at radius 3 is 2.73 bits per heavy atom. The number of rotatable bonds is 2. The molecule has 1 saturated heterocycles. The number of carbonyl (C=O) groups is 2. The standard InChI is InChI=1S/C15H17N3O4/c19-14(15(20)18-6-2-1-3-7-18)17-16-9-11-4-5-12-13(8-11)22-10-21-12/h4-5,8-9H,1-3,6-7,10H2,(H,17,19)/b16-9-. The average molecular weight is 303 g/mol. The second-order valence-corrected chi connectivity index (χ2v) is 5.16. The van der Waals surface area contributed by atoms with Crippen molar-refractivity contribution in [3.05, 3.63) is 23.8 Å². The molecule has 2 aliphatic heterocycles. The Balaban J connectivity index is 1.55. The van der Waals surface area contributed by atoms with Crippen LogP contribution in [-0.2, 0) is 9.59 Å². The van der Waals surface area contributed by atoms with Crippen molar-refractivity contribution in [2.45, 2.75) is 19.3 Å². The number of carbonyl (C=O) groups excluding carboxylic acids is 2. The summed E-state index contributed by atoms with van der Waals surface area (Å²) in [4.78, 5) is 25.2. The summed E-state index contributed by atoms with van der Waals surface area (Å²) in [5, 5.41) is 3.81. The van der Waals surface area contributed by atoms with Crippen LogP contribution in [0.4, 0.5) is 0 Å². The van der Waals surface area contributed by atoms with Crippen molar-refractivity contribution in [1.82, 2.24) is 10.3 Å². The molecule has 116 valence electrons. The molecule has 0 bridgehead atoms. The smallest absolute Gasteiger partial charge is 0.329 e. The lowest BCUT2D eigenvalue weighted by molar-refractivity contribution is -0.146. The van der Waals surface area contributed by atoms with Crippen molar-refractivity contribution in [2.75, 3.05) is 19.9 Å². The van der Waals surface area contributed by atoms with Gasteiger partial charge in [0, 0.05) is 13.1 Å². The van der Waals surface area contributed by atoms with E-state index >= 15 is 0 Å². The highest BCUT2D eigenvalue weighted by Crippen LogP contribution is 2.31. The van der Waals surface area contributed by atoms with E-state index in [4.69, 9.17) is 9.47 Å². The lowest BCUT2D eigenvalue weighted by Crippen LogP contribution is -2.43. The topological polar surface area (TPSA) is 80.2 Å². The van der Waals surface area contributed by atoms with Gasteiger partial charge in [-0.05, 0) is 43.0 Å². The minimum Gasteiger partial charge on any atom is -0.454 e. The minimum atomic E-state index is -0.709. The molecule has 1 aromatic rings. The van der Waals surface area contributed by atoms with Gasteiger partial charge in [0.1, 0.15) is 0 Å². The maximum atomic E-state index is 11.9. The summed E-state index contributed by atoms with van der Waals surface area (Å²) in [6.07, 6.45) is 4.45. The van der Waals surface area contributed by atoms with E-state index in [2.05, 4.69) is 10.5 Å². The fraction of sp³-hybridized carbons (Fsp3) is 0.400. The average Bonchev–Trinajstić information content (AvgIpc) is 3.02. The lowest BCUT2D eigenvalue weighted by Gasteiger charge is -2.25. The Bertz CT molecular complexity index is 609. The van der Waals surface area contributed by atoms with E-state index in [1.165, 1.54) is 6.21 Å². The number of piperidine rings is 1. The van der Waals surface area contributed by atoms with Crippen molar-refractivity contribution in [3.8, 4) is 11.5 Å². The Morgan fingerprint density at radius 1 is 1.14 bits per heavy atom. The zero-order valence-electron chi connectivity index (χ0n) is 12.1. The third-order valence-electron chi connectivity index (χ3n) is 3.61. The third kappa shape index (κ3) is 3.19. The SMILES string of the molecule is O=C(N/N=C\c1ccc2c(c1)OCO2)C(=O)N1CCCCC1. The van der Waals surface area contributed by atoms with E-state index in [1.807, 2.05) is 0 Å². The molecule has 1 aromatic carbocycles. The van der Waals surface area contributed by atoms with Gasteiger partial charge in [0.25, 0.3) is 0 Å². The largest absolute Gasteiger partial charge is 0.454 e. The molecule has 2 aliphatic rings. The van der Waals surface area contributed by atoms with Crippen LogP contribution in [0.3, 0.4) is 0 Å². The van der Waals surface area contributed by atoms with Gasteiger partial charge < -0.3 is 14.4 Å². The number of likely N-dealkylation sites (tertiary alicyclic amines) is 1. The van der Waals surface area contributed by atoms with Crippen LogP contribution in [0.2, 0.25) is 0 Å². The number of hydrogen-bond donors (Lipinski definition) is 1. The molecule has 0 spiro atoms. The number of nitrogens with zero attached hydrogens (tertiary/aromatic N) is 2. The fourth-order valence-electron chi connectivity index (χ4n) is 2.45. The van der Waals surface area contributed by atoms with Crippen LogP contribution in [0, 0.1) is 0 Å². The number of hydrazone groups is 1. The van der Waals surface area contributed by atoms with Gasteiger partial charge in [-0.1, -0.05) is 0 Å². The molecule has 1 N–H and O–H groups in total. The molecule has 2 heterocycles. The first-order chi connectivity index (χ1) is 10.7. The Hall–Kier alpha value is -2.57. The summed E-state index contributed by atoms with van der Waals surface area (Å²) in [5.41, 5.74) is 3.01. The van der Waals surface area contributed by atoms with Crippen LogP contribution in [-0.4, -0.2) is 42.8 Å². The first-order valence-electron chi connectivity index (χ1n) is 7.26. The monoisotopic (exact) mass is 303 g/mol. The van der Waals surface area contributed by atoms with Crippen molar-refractivity contribution in [2.24, 2.45) is 5.10 Å². The van der Waals surface area contributed by atoms with Crippen molar-refractivity contribution < 1.29 is 19.1 Å². The maximum Gasteiger partial charge on any atom is 0.329 e. The molecule has 0 atom stereocenters. The Morgan fingerprint density at radius 2 is 1.91 bits per heavy atom. The summed E-state index contributed by atoms with van der Waals surface area (Å²) in [5.74, 6) is 0.0857.